The highest BCUT2D eigenvalue weighted by Gasteiger charge is 2.38. The lowest BCUT2D eigenvalue weighted by Gasteiger charge is -2.35. The molecule has 0 radical (unpaired) electrons. The van der Waals surface area contributed by atoms with E-state index in [9.17, 15) is 4.79 Å². The lowest BCUT2D eigenvalue weighted by Crippen LogP contribution is -2.43. The molecule has 2 saturated heterocycles. The molecule has 1 amide bonds. The van der Waals surface area contributed by atoms with Crippen LogP contribution in [0.25, 0.3) is 0 Å². The Balaban J connectivity index is 1.35. The molecule has 2 aromatic rings. The van der Waals surface area contributed by atoms with Gasteiger partial charge in [0.05, 0.1) is 19.3 Å². The Bertz CT molecular complexity index is 733. The monoisotopic (exact) mass is 342 g/mol. The molecule has 132 valence electrons. The van der Waals surface area contributed by atoms with Gasteiger partial charge in [0.25, 0.3) is 5.91 Å². The number of nitrogens with one attached hydrogen (secondary N) is 1. The number of aromatic nitrogens is 1. The SMILES string of the molecule is NCc1nc(C(=O)N[C@@H]2C[C@H]3CO[C@@H](c4ccccc4)CN3C2)co1. The van der Waals surface area contributed by atoms with Crippen molar-refractivity contribution in [2.45, 2.75) is 31.2 Å². The highest BCUT2D eigenvalue weighted by Crippen LogP contribution is 2.30. The number of nitrogens with two attached hydrogens (primary N) is 1. The van der Waals surface area contributed by atoms with Crippen molar-refractivity contribution < 1.29 is 13.9 Å². The van der Waals surface area contributed by atoms with Crippen molar-refractivity contribution in [3.8, 4) is 0 Å². The van der Waals surface area contributed by atoms with Crippen LogP contribution in [0.1, 0.15) is 34.5 Å². The van der Waals surface area contributed by atoms with Crippen LogP contribution in [-0.2, 0) is 11.3 Å². The van der Waals surface area contributed by atoms with Crippen LogP contribution >= 0.6 is 0 Å². The van der Waals surface area contributed by atoms with E-state index in [0.717, 1.165) is 19.5 Å². The van der Waals surface area contributed by atoms with Gasteiger partial charge in [-0.05, 0) is 12.0 Å². The number of carbonyl (C=O) groups excluding carboxylic acids is 1. The molecule has 1 aromatic heterocycles. The lowest BCUT2D eigenvalue weighted by atomic mass is 10.1. The van der Waals surface area contributed by atoms with E-state index in [0.29, 0.717) is 18.5 Å². The minimum Gasteiger partial charge on any atom is -0.447 e. The third-order valence-corrected chi connectivity index (χ3v) is 4.88. The number of fused-ring (bicyclic) bond motifs is 1. The number of morpholine rings is 1. The molecule has 3 N–H and O–H groups in total. The average molecular weight is 342 g/mol. The Morgan fingerprint density at radius 1 is 1.32 bits per heavy atom. The van der Waals surface area contributed by atoms with Gasteiger partial charge in [-0.25, -0.2) is 4.98 Å². The van der Waals surface area contributed by atoms with E-state index in [4.69, 9.17) is 14.9 Å². The van der Waals surface area contributed by atoms with Crippen molar-refractivity contribution in [3.05, 3.63) is 53.7 Å². The maximum atomic E-state index is 12.3. The molecule has 0 unspecified atom stereocenters. The third kappa shape index (κ3) is 3.44. The number of ether oxygens (including phenoxy) is 1. The maximum Gasteiger partial charge on any atom is 0.273 e. The Morgan fingerprint density at radius 3 is 2.92 bits per heavy atom. The van der Waals surface area contributed by atoms with E-state index >= 15 is 0 Å². The van der Waals surface area contributed by atoms with Crippen LogP contribution in [0.15, 0.2) is 41.0 Å². The van der Waals surface area contributed by atoms with Crippen LogP contribution in [0.2, 0.25) is 0 Å². The van der Waals surface area contributed by atoms with E-state index < -0.39 is 0 Å². The molecule has 1 aromatic carbocycles. The molecule has 2 fully saturated rings. The van der Waals surface area contributed by atoms with Crippen LogP contribution in [0, 0.1) is 0 Å². The number of benzene rings is 1. The first-order chi connectivity index (χ1) is 12.2. The smallest absolute Gasteiger partial charge is 0.273 e. The number of hydrogen-bond donors (Lipinski definition) is 2. The molecule has 3 heterocycles. The summed E-state index contributed by atoms with van der Waals surface area (Å²) in [7, 11) is 0. The summed E-state index contributed by atoms with van der Waals surface area (Å²) < 4.78 is 11.2. The molecule has 3 atom stereocenters. The minimum atomic E-state index is -0.214. The fourth-order valence-corrected chi connectivity index (χ4v) is 3.62. The topological polar surface area (TPSA) is 93.6 Å². The number of rotatable bonds is 4. The number of amides is 1. The highest BCUT2D eigenvalue weighted by molar-refractivity contribution is 5.92. The largest absolute Gasteiger partial charge is 0.447 e. The summed E-state index contributed by atoms with van der Waals surface area (Å²) in [4.78, 5) is 18.8. The van der Waals surface area contributed by atoms with Crippen molar-refractivity contribution in [3.63, 3.8) is 0 Å². The summed E-state index contributed by atoms with van der Waals surface area (Å²) in [5.74, 6) is 0.155. The number of hydrogen-bond acceptors (Lipinski definition) is 6. The zero-order valence-corrected chi connectivity index (χ0v) is 13.9. The number of carbonyl (C=O) groups is 1. The van der Waals surface area contributed by atoms with E-state index in [1.165, 1.54) is 11.8 Å². The molecule has 25 heavy (non-hydrogen) atoms. The van der Waals surface area contributed by atoms with Crippen molar-refractivity contribution in [1.29, 1.82) is 0 Å². The first-order valence-corrected chi connectivity index (χ1v) is 8.59. The zero-order valence-electron chi connectivity index (χ0n) is 13.9. The first-order valence-electron chi connectivity index (χ1n) is 8.59. The lowest BCUT2D eigenvalue weighted by molar-refractivity contribution is -0.0502. The molecule has 0 saturated carbocycles. The quantitative estimate of drug-likeness (QED) is 0.863. The van der Waals surface area contributed by atoms with Gasteiger partial charge in [-0.3, -0.25) is 9.69 Å². The fraction of sp³-hybridized carbons (Fsp3) is 0.444. The summed E-state index contributed by atoms with van der Waals surface area (Å²) in [5, 5.41) is 3.04. The van der Waals surface area contributed by atoms with Gasteiger partial charge in [-0.2, -0.15) is 0 Å². The van der Waals surface area contributed by atoms with E-state index in [1.807, 2.05) is 18.2 Å². The standard InChI is InChI=1S/C18H22N4O3/c19-7-17-21-15(11-25-17)18(23)20-13-6-14-10-24-16(9-22(14)8-13)12-4-2-1-3-5-12/h1-5,11,13-14,16H,6-10,19H2,(H,20,23)/t13-,14+,16-/m1/s1. The number of oxazole rings is 1. The second kappa shape index (κ2) is 6.95. The molecular weight excluding hydrogens is 320 g/mol. The number of nitrogens with zero attached hydrogens (tertiary/aromatic N) is 2. The van der Waals surface area contributed by atoms with E-state index in [1.54, 1.807) is 0 Å². The Kier molecular flexibility index (Phi) is 4.52. The predicted molar refractivity (Wildman–Crippen MR) is 90.8 cm³/mol. The van der Waals surface area contributed by atoms with Crippen LogP contribution in [-0.4, -0.2) is 47.6 Å². The molecule has 0 bridgehead atoms. The van der Waals surface area contributed by atoms with Crippen LogP contribution in [0.5, 0.6) is 0 Å². The molecule has 7 nitrogen and oxygen atoms in total. The minimum absolute atomic E-state index is 0.0913. The predicted octanol–water partition coefficient (Wildman–Crippen LogP) is 1.08. The van der Waals surface area contributed by atoms with Crippen LogP contribution in [0.3, 0.4) is 0 Å². The Morgan fingerprint density at radius 2 is 2.16 bits per heavy atom. The molecule has 4 rings (SSSR count). The summed E-state index contributed by atoms with van der Waals surface area (Å²) >= 11 is 0. The van der Waals surface area contributed by atoms with Crippen LogP contribution in [0.4, 0.5) is 0 Å². The highest BCUT2D eigenvalue weighted by atomic mass is 16.5. The first kappa shape index (κ1) is 16.3. The van der Waals surface area contributed by atoms with Crippen LogP contribution < -0.4 is 11.1 Å². The van der Waals surface area contributed by atoms with Gasteiger partial charge in [-0.15, -0.1) is 0 Å². The van der Waals surface area contributed by atoms with Gasteiger partial charge in [0.1, 0.15) is 6.26 Å². The second-order valence-electron chi connectivity index (χ2n) is 6.58. The van der Waals surface area contributed by atoms with Crippen molar-refractivity contribution in [1.82, 2.24) is 15.2 Å². The van der Waals surface area contributed by atoms with Gasteiger partial charge < -0.3 is 20.2 Å². The summed E-state index contributed by atoms with van der Waals surface area (Å²) in [6.07, 6.45) is 2.33. The van der Waals surface area contributed by atoms with Crippen molar-refractivity contribution >= 4 is 5.91 Å². The Labute approximate surface area is 146 Å². The van der Waals surface area contributed by atoms with Crippen molar-refractivity contribution in [2.24, 2.45) is 5.73 Å². The average Bonchev–Trinajstić information content (AvgIpc) is 3.28. The molecule has 2 aliphatic heterocycles. The van der Waals surface area contributed by atoms with Gasteiger partial charge in [-0.1, -0.05) is 30.3 Å². The maximum absolute atomic E-state index is 12.3. The normalized spacial score (nSPS) is 26.4. The van der Waals surface area contributed by atoms with E-state index in [-0.39, 0.29) is 30.3 Å². The summed E-state index contributed by atoms with van der Waals surface area (Å²) in [5.41, 5.74) is 6.94. The fourth-order valence-electron chi connectivity index (χ4n) is 3.62. The second-order valence-corrected chi connectivity index (χ2v) is 6.58. The van der Waals surface area contributed by atoms with Gasteiger partial charge in [0, 0.05) is 25.2 Å². The van der Waals surface area contributed by atoms with Gasteiger partial charge >= 0.3 is 0 Å². The zero-order chi connectivity index (χ0) is 17.2. The summed E-state index contributed by atoms with van der Waals surface area (Å²) in [6.45, 7) is 2.55. The van der Waals surface area contributed by atoms with Crippen molar-refractivity contribution in [2.75, 3.05) is 19.7 Å². The third-order valence-electron chi connectivity index (χ3n) is 4.88. The molecule has 0 aliphatic carbocycles. The van der Waals surface area contributed by atoms with Gasteiger partial charge in [0.15, 0.2) is 5.69 Å². The molecular formula is C18H22N4O3. The van der Waals surface area contributed by atoms with E-state index in [2.05, 4.69) is 27.3 Å². The molecule has 7 heteroatoms. The van der Waals surface area contributed by atoms with Gasteiger partial charge in [0.2, 0.25) is 5.89 Å². The molecule has 2 aliphatic rings. The summed E-state index contributed by atoms with van der Waals surface area (Å²) in [6, 6.07) is 10.7. The molecule has 0 spiro atoms. The Hall–Kier alpha value is -2.22.